The van der Waals surface area contributed by atoms with E-state index in [9.17, 15) is 35.5 Å². The van der Waals surface area contributed by atoms with Crippen molar-refractivity contribution in [3.05, 3.63) is 63.9 Å². The molecule has 216 valence electrons. The maximum Gasteiger partial charge on any atom is 0.434 e. The highest BCUT2D eigenvalue weighted by Gasteiger charge is 2.33. The van der Waals surface area contributed by atoms with E-state index in [0.717, 1.165) is 23.8 Å². The minimum atomic E-state index is -4.62. The maximum absolute atomic E-state index is 14.4. The smallest absolute Gasteiger partial charge is 0.434 e. The molecule has 15 heteroatoms. The lowest BCUT2D eigenvalue weighted by atomic mass is 10.1. The Balaban J connectivity index is 1.37. The number of nitrogens with one attached hydrogen (secondary N) is 1. The van der Waals surface area contributed by atoms with Crippen molar-refractivity contribution < 1.29 is 40.3 Å². The summed E-state index contributed by atoms with van der Waals surface area (Å²) in [7, 11) is 0. The molecule has 1 saturated heterocycles. The molecule has 1 aliphatic heterocycles. The lowest BCUT2D eigenvalue weighted by Gasteiger charge is -2.17. The molecule has 0 aliphatic carbocycles. The van der Waals surface area contributed by atoms with Crippen LogP contribution in [0.4, 0.5) is 36.4 Å². The number of carbonyl (C=O) groups is 1. The molecule has 2 aromatic heterocycles. The normalized spacial score (nSPS) is 16.4. The zero-order chi connectivity index (χ0) is 29.1. The number of ether oxygens (including phenoxy) is 1. The summed E-state index contributed by atoms with van der Waals surface area (Å²) in [6.07, 6.45) is -7.49. The number of alkyl halides is 6. The van der Waals surface area contributed by atoms with Crippen LogP contribution in [0.25, 0.3) is 0 Å². The second kappa shape index (κ2) is 12.0. The van der Waals surface area contributed by atoms with Crippen LogP contribution < -0.4 is 10.1 Å². The zero-order valence-electron chi connectivity index (χ0n) is 21.1. The average Bonchev–Trinajstić information content (AvgIpc) is 3.48. The van der Waals surface area contributed by atoms with E-state index in [-0.39, 0.29) is 48.2 Å². The van der Waals surface area contributed by atoms with Gasteiger partial charge in [0.05, 0.1) is 36.2 Å². The summed E-state index contributed by atoms with van der Waals surface area (Å²) in [5.74, 6) is -1.41. The van der Waals surface area contributed by atoms with E-state index < -0.39 is 36.2 Å². The monoisotopic (exact) mass is 591 g/mol. The van der Waals surface area contributed by atoms with Gasteiger partial charge in [-0.3, -0.25) is 9.78 Å². The van der Waals surface area contributed by atoms with Gasteiger partial charge in [-0.15, -0.1) is 0 Å². The Morgan fingerprint density at radius 3 is 2.62 bits per heavy atom. The number of carbonyl (C=O) groups excluding carboxylic acids is 1. The fraction of sp³-hybridized carbons (Fsp3) is 0.440. The van der Waals surface area contributed by atoms with Crippen molar-refractivity contribution in [2.24, 2.45) is 5.92 Å². The number of amides is 1. The fourth-order valence-electron chi connectivity index (χ4n) is 4.21. The van der Waals surface area contributed by atoms with E-state index in [1.807, 2.05) is 0 Å². The lowest BCUT2D eigenvalue weighted by Crippen LogP contribution is -2.27. The number of anilines is 1. The SMILES string of the molecule is Cc1nsc(Cc2cnc(C(F)(F)F)cn2)c1C(=O)Nc1ccc(F)c(OC[C@@H]2CCN(CCC(F)(F)F)C2)c1. The zero-order valence-corrected chi connectivity index (χ0v) is 21.9. The molecular weight excluding hydrogens is 567 g/mol. The van der Waals surface area contributed by atoms with Crippen LogP contribution in [0.2, 0.25) is 0 Å². The van der Waals surface area contributed by atoms with Crippen LogP contribution in [0.5, 0.6) is 5.75 Å². The molecule has 1 fully saturated rings. The van der Waals surface area contributed by atoms with Crippen LogP contribution in [0, 0.1) is 18.7 Å². The van der Waals surface area contributed by atoms with Crippen LogP contribution in [-0.2, 0) is 12.6 Å². The van der Waals surface area contributed by atoms with Crippen molar-refractivity contribution in [1.29, 1.82) is 0 Å². The summed E-state index contributed by atoms with van der Waals surface area (Å²) in [5, 5.41) is 2.66. The van der Waals surface area contributed by atoms with E-state index in [4.69, 9.17) is 4.74 Å². The van der Waals surface area contributed by atoms with Gasteiger partial charge in [0, 0.05) is 48.3 Å². The quantitative estimate of drug-likeness (QED) is 0.313. The van der Waals surface area contributed by atoms with Crippen LogP contribution in [-0.4, -0.2) is 57.6 Å². The summed E-state index contributed by atoms with van der Waals surface area (Å²) in [6.45, 7) is 2.51. The van der Waals surface area contributed by atoms with Gasteiger partial charge in [-0.05, 0) is 43.6 Å². The first-order valence-electron chi connectivity index (χ1n) is 12.1. The second-order valence-electron chi connectivity index (χ2n) is 9.36. The van der Waals surface area contributed by atoms with Gasteiger partial charge in [0.25, 0.3) is 5.91 Å². The van der Waals surface area contributed by atoms with Gasteiger partial charge in [-0.1, -0.05) is 0 Å². The van der Waals surface area contributed by atoms with Gasteiger partial charge in [-0.25, -0.2) is 9.37 Å². The molecule has 3 aromatic rings. The first kappa shape index (κ1) is 29.6. The van der Waals surface area contributed by atoms with Gasteiger partial charge < -0.3 is 15.0 Å². The number of rotatable bonds is 9. The van der Waals surface area contributed by atoms with Crippen LogP contribution in [0.1, 0.15) is 45.2 Å². The van der Waals surface area contributed by atoms with Crippen molar-refractivity contribution in [3.63, 3.8) is 0 Å². The standard InChI is InChI=1S/C25H24F7N5O2S/c1-14-22(20(40-36-14)9-17-10-34-21(11-33-17)25(30,31)32)23(38)35-16-2-3-18(26)19(8-16)39-13-15-4-6-37(12-15)7-5-24(27,28)29/h2-3,8,10-11,15H,4-7,9,12-13H2,1H3,(H,35,38)/t15-/m1/s1. The molecule has 40 heavy (non-hydrogen) atoms. The summed E-state index contributed by atoms with van der Waals surface area (Å²) in [5.41, 5.74) is -0.0797. The van der Waals surface area contributed by atoms with E-state index in [0.29, 0.717) is 36.3 Å². The summed E-state index contributed by atoms with van der Waals surface area (Å²) < 4.78 is 99.8. The van der Waals surface area contributed by atoms with E-state index >= 15 is 0 Å². The van der Waals surface area contributed by atoms with Crippen molar-refractivity contribution in [2.75, 3.05) is 31.6 Å². The number of aryl methyl sites for hydroxylation is 1. The molecule has 1 aromatic carbocycles. The number of benzene rings is 1. The predicted octanol–water partition coefficient (Wildman–Crippen LogP) is 5.90. The number of hydrogen-bond acceptors (Lipinski definition) is 7. The van der Waals surface area contributed by atoms with Crippen LogP contribution >= 0.6 is 11.5 Å². The Morgan fingerprint density at radius 1 is 1.18 bits per heavy atom. The number of aromatic nitrogens is 3. The molecule has 0 spiro atoms. The molecule has 3 heterocycles. The number of halogens is 7. The van der Waals surface area contributed by atoms with Gasteiger partial charge in [0.1, 0.15) is 0 Å². The Kier molecular flexibility index (Phi) is 8.93. The fourth-order valence-corrected chi connectivity index (χ4v) is 5.10. The number of nitrogens with zero attached hydrogens (tertiary/aromatic N) is 4. The van der Waals surface area contributed by atoms with Crippen molar-refractivity contribution in [3.8, 4) is 5.75 Å². The minimum Gasteiger partial charge on any atom is -0.490 e. The third-order valence-electron chi connectivity index (χ3n) is 6.24. The summed E-state index contributed by atoms with van der Waals surface area (Å²) in [6, 6.07) is 3.76. The lowest BCUT2D eigenvalue weighted by molar-refractivity contribution is -0.141. The van der Waals surface area contributed by atoms with Gasteiger partial charge in [0.15, 0.2) is 17.3 Å². The molecule has 0 radical (unpaired) electrons. The summed E-state index contributed by atoms with van der Waals surface area (Å²) >= 11 is 1.00. The topological polar surface area (TPSA) is 80.2 Å². The van der Waals surface area contributed by atoms with E-state index in [2.05, 4.69) is 19.7 Å². The number of likely N-dealkylation sites (tertiary alicyclic amines) is 1. The molecule has 4 rings (SSSR count). The third-order valence-corrected chi connectivity index (χ3v) is 7.18. The molecule has 1 atom stereocenters. The van der Waals surface area contributed by atoms with Gasteiger partial charge >= 0.3 is 12.4 Å². The van der Waals surface area contributed by atoms with Crippen molar-refractivity contribution in [2.45, 2.75) is 38.5 Å². The average molecular weight is 592 g/mol. The molecule has 1 amide bonds. The maximum atomic E-state index is 14.4. The predicted molar refractivity (Wildman–Crippen MR) is 132 cm³/mol. The first-order valence-corrected chi connectivity index (χ1v) is 12.9. The molecule has 0 unspecified atom stereocenters. The highest BCUT2D eigenvalue weighted by atomic mass is 32.1. The largest absolute Gasteiger partial charge is 0.490 e. The molecular formula is C25H24F7N5O2S. The van der Waals surface area contributed by atoms with Crippen LogP contribution in [0.3, 0.4) is 0 Å². The highest BCUT2D eigenvalue weighted by molar-refractivity contribution is 7.06. The Morgan fingerprint density at radius 2 is 1.95 bits per heavy atom. The Bertz CT molecular complexity index is 1330. The molecule has 7 nitrogen and oxygen atoms in total. The van der Waals surface area contributed by atoms with Crippen molar-refractivity contribution in [1.82, 2.24) is 19.2 Å². The minimum absolute atomic E-state index is 0.0263. The number of hydrogen-bond donors (Lipinski definition) is 1. The molecule has 0 saturated carbocycles. The first-order chi connectivity index (χ1) is 18.8. The Labute approximate surface area is 228 Å². The summed E-state index contributed by atoms with van der Waals surface area (Å²) in [4.78, 5) is 22.4. The molecule has 0 bridgehead atoms. The van der Waals surface area contributed by atoms with E-state index in [1.165, 1.54) is 12.1 Å². The van der Waals surface area contributed by atoms with Crippen LogP contribution in [0.15, 0.2) is 30.6 Å². The Hall–Kier alpha value is -3.33. The molecule has 1 N–H and O–H groups in total. The second-order valence-corrected chi connectivity index (χ2v) is 10.2. The van der Waals surface area contributed by atoms with Gasteiger partial charge in [0.2, 0.25) is 0 Å². The highest BCUT2D eigenvalue weighted by Crippen LogP contribution is 2.29. The third kappa shape index (κ3) is 7.87. The van der Waals surface area contributed by atoms with Crippen molar-refractivity contribution >= 4 is 23.1 Å². The van der Waals surface area contributed by atoms with Gasteiger partial charge in [-0.2, -0.15) is 30.7 Å². The molecule has 1 aliphatic rings. The van der Waals surface area contributed by atoms with E-state index in [1.54, 1.807) is 11.8 Å².